The van der Waals surface area contributed by atoms with Crippen LogP contribution in [0.15, 0.2) is 18.2 Å². The summed E-state index contributed by atoms with van der Waals surface area (Å²) in [6.45, 7) is 0. The Hall–Kier alpha value is -0.963. The molecule has 0 unspecified atom stereocenters. The smallest absolute Gasteiger partial charge is 0.211 e. The summed E-state index contributed by atoms with van der Waals surface area (Å²) in [6.07, 6.45) is 0. The molecule has 0 atom stereocenters. The molecule has 1 aromatic rings. The minimum absolute atomic E-state index is 0. The summed E-state index contributed by atoms with van der Waals surface area (Å²) in [4.78, 5) is 0. The molecule has 1 aliphatic rings. The van der Waals surface area contributed by atoms with E-state index in [0.717, 1.165) is 5.75 Å². The highest BCUT2D eigenvalue weighted by Gasteiger charge is 2.22. The molecule has 1 aromatic carbocycles. The Labute approximate surface area is 57.1 Å². The minimum atomic E-state index is 0. The lowest BCUT2D eigenvalue weighted by atomic mass is 10.3. The number of aromatic hydroxyl groups is 1. The number of para-hydroxylation sites is 1. The predicted octanol–water partition coefficient (Wildman–Crippen LogP) is 0.0463. The van der Waals surface area contributed by atoms with E-state index in [1.807, 2.05) is 6.07 Å². The second kappa shape index (κ2) is 1.77. The zero-order valence-electron chi connectivity index (χ0n) is 4.09. The quantitative estimate of drug-likeness (QED) is 0.414. The molecule has 48 valence electrons. The molecule has 0 fully saturated rings. The molecule has 0 spiro atoms. The van der Waals surface area contributed by atoms with Gasteiger partial charge >= 0.3 is 0 Å². The van der Waals surface area contributed by atoms with Crippen LogP contribution in [0.4, 0.5) is 0 Å². The van der Waals surface area contributed by atoms with E-state index in [9.17, 15) is 0 Å². The van der Waals surface area contributed by atoms with Crippen molar-refractivity contribution in [3.63, 3.8) is 0 Å². The molecule has 1 N–H and O–H groups in total. The minimum Gasteiger partial charge on any atom is -0.504 e. The van der Waals surface area contributed by atoms with Crippen LogP contribution < -0.4 is 4.74 Å². The predicted molar refractivity (Wildman–Crippen MR) is 39.5 cm³/mol. The summed E-state index contributed by atoms with van der Waals surface area (Å²) >= 11 is 0. The van der Waals surface area contributed by atoms with Gasteiger partial charge in [-0.3, -0.25) is 0 Å². The van der Waals surface area contributed by atoms with E-state index < -0.39 is 0 Å². The lowest BCUT2D eigenvalue weighted by Gasteiger charge is -1.77. The molecule has 0 aromatic heterocycles. The topological polar surface area (TPSA) is 32.8 Å². The molecule has 3 heteroatoms. The SMILES string of the molecule is Oc1cccc2c1O2.[SiH4]. The lowest BCUT2D eigenvalue weighted by Crippen LogP contribution is -1.50. The number of hydrogen-bond donors (Lipinski definition) is 1. The van der Waals surface area contributed by atoms with Gasteiger partial charge in [0.05, 0.1) is 0 Å². The molecule has 1 heterocycles. The molecule has 0 bridgehead atoms. The number of hydrogen-bond acceptors (Lipinski definition) is 2. The highest BCUT2D eigenvalue weighted by Crippen LogP contribution is 2.51. The Morgan fingerprint density at radius 3 is 2.67 bits per heavy atom. The van der Waals surface area contributed by atoms with E-state index in [1.54, 1.807) is 12.1 Å². The summed E-state index contributed by atoms with van der Waals surface area (Å²) in [7, 11) is 0. The van der Waals surface area contributed by atoms with Crippen LogP contribution in [0.3, 0.4) is 0 Å². The highest BCUT2D eigenvalue weighted by atomic mass is 28.1. The molecule has 0 aliphatic carbocycles. The van der Waals surface area contributed by atoms with Crippen LogP contribution >= 0.6 is 0 Å². The van der Waals surface area contributed by atoms with Gasteiger partial charge in [-0.05, 0) is 23.1 Å². The highest BCUT2D eigenvalue weighted by molar-refractivity contribution is 5.75. The maximum atomic E-state index is 8.85. The van der Waals surface area contributed by atoms with Crippen molar-refractivity contribution in [1.29, 1.82) is 0 Å². The second-order valence-corrected chi connectivity index (χ2v) is 1.71. The monoisotopic (exact) mass is 140 g/mol. The van der Waals surface area contributed by atoms with E-state index >= 15 is 0 Å². The Morgan fingerprint density at radius 2 is 2.11 bits per heavy atom. The van der Waals surface area contributed by atoms with Crippen LogP contribution in [0.1, 0.15) is 0 Å². The van der Waals surface area contributed by atoms with Crippen LogP contribution in [0.2, 0.25) is 0 Å². The number of benzene rings is 1. The summed E-state index contributed by atoms with van der Waals surface area (Å²) in [5, 5.41) is 8.85. The van der Waals surface area contributed by atoms with Crippen LogP contribution in [0.5, 0.6) is 17.2 Å². The molecule has 0 radical (unpaired) electrons. The molecule has 0 amide bonds. The van der Waals surface area contributed by atoms with Gasteiger partial charge < -0.3 is 9.84 Å². The van der Waals surface area contributed by atoms with Gasteiger partial charge in [0.25, 0.3) is 0 Å². The third kappa shape index (κ3) is 0.790. The standard InChI is InChI=1S/C6H4O2.H4Si/c7-4-2-1-3-5-6(4)8-5;/h1-3,7H;1H4. The van der Waals surface area contributed by atoms with Gasteiger partial charge in [0.15, 0.2) is 11.5 Å². The summed E-state index contributed by atoms with van der Waals surface area (Å²) < 4.78 is 4.82. The first-order valence-electron chi connectivity index (χ1n) is 2.38. The molecule has 9 heavy (non-hydrogen) atoms. The zero-order chi connectivity index (χ0) is 5.56. The number of rotatable bonds is 0. The van der Waals surface area contributed by atoms with Crippen molar-refractivity contribution in [3.8, 4) is 17.2 Å². The van der Waals surface area contributed by atoms with E-state index in [-0.39, 0.29) is 16.7 Å². The second-order valence-electron chi connectivity index (χ2n) is 1.71. The normalized spacial score (nSPS) is 10.7. The fraction of sp³-hybridized carbons (Fsp3) is 0. The number of phenols is 1. The molecule has 1 aliphatic heterocycles. The first kappa shape index (κ1) is 6.16. The molecule has 0 saturated heterocycles. The van der Waals surface area contributed by atoms with E-state index in [0.29, 0.717) is 5.75 Å². The summed E-state index contributed by atoms with van der Waals surface area (Å²) in [5.41, 5.74) is 0. The van der Waals surface area contributed by atoms with Crippen molar-refractivity contribution in [2.45, 2.75) is 0 Å². The van der Waals surface area contributed by atoms with Crippen LogP contribution in [0.25, 0.3) is 0 Å². The van der Waals surface area contributed by atoms with E-state index in [4.69, 9.17) is 9.84 Å². The largest absolute Gasteiger partial charge is 0.504 e. The Morgan fingerprint density at radius 1 is 1.33 bits per heavy atom. The summed E-state index contributed by atoms with van der Waals surface area (Å²) in [6, 6.07) is 5.17. The average Bonchev–Trinajstić information content (AvgIpc) is 2.45. The van der Waals surface area contributed by atoms with Crippen molar-refractivity contribution in [3.05, 3.63) is 18.2 Å². The van der Waals surface area contributed by atoms with Gasteiger partial charge in [0, 0.05) is 0 Å². The van der Waals surface area contributed by atoms with Crippen molar-refractivity contribution in [2.24, 2.45) is 0 Å². The maximum Gasteiger partial charge on any atom is 0.211 e. The van der Waals surface area contributed by atoms with E-state index in [1.165, 1.54) is 0 Å². The van der Waals surface area contributed by atoms with Gasteiger partial charge in [0.2, 0.25) is 5.75 Å². The Kier molecular flexibility index (Phi) is 1.21. The molecule has 0 saturated carbocycles. The fourth-order valence-electron chi connectivity index (χ4n) is 0.675. The number of phenolic OH excluding ortho intramolecular Hbond substituents is 1. The van der Waals surface area contributed by atoms with Gasteiger partial charge in [-0.15, -0.1) is 0 Å². The average molecular weight is 140 g/mol. The summed E-state index contributed by atoms with van der Waals surface area (Å²) in [5.74, 6) is 1.67. The third-order valence-corrected chi connectivity index (χ3v) is 1.13. The first-order valence-corrected chi connectivity index (χ1v) is 2.38. The lowest BCUT2D eigenvalue weighted by molar-refractivity contribution is 0.463. The third-order valence-electron chi connectivity index (χ3n) is 1.13. The van der Waals surface area contributed by atoms with Crippen LogP contribution in [-0.2, 0) is 0 Å². The van der Waals surface area contributed by atoms with Crippen molar-refractivity contribution in [2.75, 3.05) is 0 Å². The Bertz CT molecular complexity index is 234. The fourth-order valence-corrected chi connectivity index (χ4v) is 0.675. The van der Waals surface area contributed by atoms with Crippen molar-refractivity contribution in [1.82, 2.24) is 0 Å². The van der Waals surface area contributed by atoms with Crippen molar-refractivity contribution < 1.29 is 9.84 Å². The van der Waals surface area contributed by atoms with Gasteiger partial charge in [-0.2, -0.15) is 0 Å². The van der Waals surface area contributed by atoms with Crippen molar-refractivity contribution >= 4 is 11.0 Å². The van der Waals surface area contributed by atoms with Crippen LogP contribution in [-0.4, -0.2) is 16.1 Å². The maximum absolute atomic E-state index is 8.85. The number of ether oxygens (including phenoxy) is 1. The molecule has 2 rings (SSSR count). The van der Waals surface area contributed by atoms with Crippen LogP contribution in [0, 0.1) is 0 Å². The Balaban J connectivity index is 0.000000405. The van der Waals surface area contributed by atoms with Gasteiger partial charge in [-0.25, -0.2) is 0 Å². The first-order chi connectivity index (χ1) is 3.88. The molecular formula is C6H8O2Si. The molecule has 2 nitrogen and oxygen atoms in total. The number of fused-ring (bicyclic) bond motifs is 1. The zero-order valence-corrected chi connectivity index (χ0v) is 4.09. The van der Waals surface area contributed by atoms with Gasteiger partial charge in [0.1, 0.15) is 0 Å². The van der Waals surface area contributed by atoms with Gasteiger partial charge in [-0.1, -0.05) is 6.07 Å². The molecular weight excluding hydrogens is 132 g/mol. The van der Waals surface area contributed by atoms with E-state index in [2.05, 4.69) is 0 Å².